The Kier molecular flexibility index (Phi) is 4.10. The van der Waals surface area contributed by atoms with E-state index in [2.05, 4.69) is 31.9 Å². The van der Waals surface area contributed by atoms with Gasteiger partial charge < -0.3 is 18.9 Å². The number of hydrogen-bond donors (Lipinski definition) is 0. The number of benzene rings is 1. The van der Waals surface area contributed by atoms with Crippen molar-refractivity contribution in [2.45, 2.75) is 59.7 Å². The average Bonchev–Trinajstić information content (AvgIpc) is 3.02. The molecule has 8 nitrogen and oxygen atoms in total. The van der Waals surface area contributed by atoms with Gasteiger partial charge in [0.15, 0.2) is 12.0 Å². The highest BCUT2D eigenvalue weighted by molar-refractivity contribution is 9.25. The van der Waals surface area contributed by atoms with Crippen LogP contribution < -0.4 is 0 Å². The van der Waals surface area contributed by atoms with Gasteiger partial charge in [0.2, 0.25) is 0 Å². The molecule has 6 rings (SSSR count). The zero-order valence-electron chi connectivity index (χ0n) is 16.2. The number of alkyl halides is 2. The largest absolute Gasteiger partial charge is 0.355 e. The average molecular weight is 544 g/mol. The van der Waals surface area contributed by atoms with E-state index in [9.17, 15) is 9.59 Å². The van der Waals surface area contributed by atoms with Crippen molar-refractivity contribution in [1.82, 2.24) is 9.80 Å². The van der Waals surface area contributed by atoms with Gasteiger partial charge in [-0.05, 0) is 26.0 Å². The third-order valence-electron chi connectivity index (χ3n) is 6.43. The maximum Gasteiger partial charge on any atom is 0.331 e. The molecule has 0 unspecified atom stereocenters. The van der Waals surface area contributed by atoms with Crippen molar-refractivity contribution in [3.05, 3.63) is 35.9 Å². The van der Waals surface area contributed by atoms with Gasteiger partial charge in [-0.3, -0.25) is 14.6 Å². The summed E-state index contributed by atoms with van der Waals surface area (Å²) >= 11 is 7.34. The summed E-state index contributed by atoms with van der Waals surface area (Å²) in [6, 6.07) is 7.98. The van der Waals surface area contributed by atoms with E-state index >= 15 is 0 Å². The fourth-order valence-corrected chi connectivity index (χ4v) is 6.79. The van der Waals surface area contributed by atoms with E-state index in [-0.39, 0.29) is 36.7 Å². The molecule has 1 saturated carbocycles. The van der Waals surface area contributed by atoms with E-state index in [1.807, 2.05) is 19.9 Å². The molecule has 160 valence electrons. The fraction of sp³-hybridized carbons (Fsp3) is 0.600. The van der Waals surface area contributed by atoms with E-state index in [4.69, 9.17) is 18.9 Å². The normalized spacial score (nSPS) is 42.3. The number of fused-ring (bicyclic) bond motifs is 9. The van der Waals surface area contributed by atoms with Gasteiger partial charge in [0.05, 0.1) is 18.6 Å². The minimum absolute atomic E-state index is 0.153. The Hall–Kier alpha value is -1.04. The molecule has 30 heavy (non-hydrogen) atoms. The molecule has 0 N–H and O–H groups in total. The molecule has 7 atom stereocenters. The minimum Gasteiger partial charge on any atom is -0.355 e. The van der Waals surface area contributed by atoms with Gasteiger partial charge in [0, 0.05) is 5.56 Å². The highest BCUT2D eigenvalue weighted by Gasteiger charge is 2.77. The highest BCUT2D eigenvalue weighted by Crippen LogP contribution is 2.65. The van der Waals surface area contributed by atoms with Crippen LogP contribution in [0.1, 0.15) is 24.2 Å². The lowest BCUT2D eigenvalue weighted by molar-refractivity contribution is -0.200. The lowest BCUT2D eigenvalue weighted by atomic mass is 10.1. The summed E-state index contributed by atoms with van der Waals surface area (Å²) in [4.78, 5) is 29.9. The number of ether oxygens (including phenoxy) is 4. The second-order valence-electron chi connectivity index (χ2n) is 8.73. The first-order chi connectivity index (χ1) is 14.2. The molecule has 4 heterocycles. The molecule has 0 aromatic heterocycles. The van der Waals surface area contributed by atoms with E-state index in [1.54, 1.807) is 24.3 Å². The van der Waals surface area contributed by atoms with Crippen LogP contribution in [0.3, 0.4) is 0 Å². The summed E-state index contributed by atoms with van der Waals surface area (Å²) < 4.78 is 23.8. The van der Waals surface area contributed by atoms with Crippen molar-refractivity contribution in [1.29, 1.82) is 0 Å². The van der Waals surface area contributed by atoms with Gasteiger partial charge in [0.1, 0.15) is 27.8 Å². The Morgan fingerprint density at radius 1 is 1.10 bits per heavy atom. The summed E-state index contributed by atoms with van der Waals surface area (Å²) in [5.74, 6) is -1.28. The molecule has 1 aliphatic carbocycles. The van der Waals surface area contributed by atoms with Crippen molar-refractivity contribution < 1.29 is 28.5 Å². The zero-order valence-corrected chi connectivity index (χ0v) is 19.4. The molecule has 4 aliphatic heterocycles. The molecular formula is C20H20Br2N2O6. The molecular weight excluding hydrogens is 524 g/mol. The SMILES string of the molecule is CC1(C)O[C@@H]2[C@H](O1)[C@H]1CO[C@H]3[C@H]4[C@@H](N(C(=O)c5ccccc5)C(=O)N3[C@@H]2O1)C4(Br)Br. The molecule has 2 bridgehead atoms. The lowest BCUT2D eigenvalue weighted by Crippen LogP contribution is -2.63. The number of rotatable bonds is 1. The first-order valence-corrected chi connectivity index (χ1v) is 11.5. The smallest absolute Gasteiger partial charge is 0.331 e. The lowest BCUT2D eigenvalue weighted by Gasteiger charge is -2.42. The Labute approximate surface area is 190 Å². The predicted molar refractivity (Wildman–Crippen MR) is 110 cm³/mol. The second kappa shape index (κ2) is 6.26. The monoisotopic (exact) mass is 542 g/mol. The number of hydrogen-bond acceptors (Lipinski definition) is 6. The quantitative estimate of drug-likeness (QED) is 0.507. The third-order valence-corrected chi connectivity index (χ3v) is 8.42. The maximum absolute atomic E-state index is 13.7. The van der Waals surface area contributed by atoms with Gasteiger partial charge in [-0.1, -0.05) is 50.1 Å². The first kappa shape index (κ1) is 19.6. The zero-order chi connectivity index (χ0) is 21.0. The van der Waals surface area contributed by atoms with Crippen molar-refractivity contribution in [2.75, 3.05) is 6.61 Å². The summed E-state index contributed by atoms with van der Waals surface area (Å²) in [5, 5.41) is 0. The summed E-state index contributed by atoms with van der Waals surface area (Å²) in [7, 11) is 0. The Morgan fingerprint density at radius 3 is 2.53 bits per heavy atom. The van der Waals surface area contributed by atoms with Crippen LogP contribution >= 0.6 is 31.9 Å². The molecule has 0 radical (unpaired) electrons. The Bertz CT molecular complexity index is 927. The van der Waals surface area contributed by atoms with Gasteiger partial charge in [-0.2, -0.15) is 0 Å². The van der Waals surface area contributed by atoms with Crippen LogP contribution in [0.2, 0.25) is 0 Å². The molecule has 0 spiro atoms. The van der Waals surface area contributed by atoms with Crippen molar-refractivity contribution in [3.8, 4) is 0 Å². The molecule has 5 fully saturated rings. The van der Waals surface area contributed by atoms with Crippen LogP contribution in [0, 0.1) is 5.92 Å². The van der Waals surface area contributed by atoms with Gasteiger partial charge in [-0.15, -0.1) is 0 Å². The standard InChI is InChI=1S/C20H20Br2N2O6/c1-19(2)29-12-10-8-27-16-11-14(20(11,21)22)23(15(25)9-6-4-3-5-7-9)18(26)24(16)17(28-10)13(12)30-19/h3-7,10-14,16-17H,8H2,1-2H3/t10-,11-,12-,13-,14-,16+,17-/m1/s1. The third kappa shape index (κ3) is 2.58. The number of halogens is 2. The first-order valence-electron chi connectivity index (χ1n) is 9.92. The molecule has 10 heteroatoms. The number of imide groups is 1. The number of carbonyl (C=O) groups is 2. The molecule has 5 aliphatic rings. The van der Waals surface area contributed by atoms with E-state index in [0.717, 1.165) is 0 Å². The van der Waals surface area contributed by atoms with Crippen LogP contribution in [0.15, 0.2) is 30.3 Å². The highest BCUT2D eigenvalue weighted by atomic mass is 79.9. The number of amides is 3. The second-order valence-corrected chi connectivity index (χ2v) is 12.4. The Balaban J connectivity index is 1.39. The van der Waals surface area contributed by atoms with Crippen molar-refractivity contribution >= 4 is 43.8 Å². The van der Waals surface area contributed by atoms with Crippen LogP contribution in [0.5, 0.6) is 0 Å². The molecule has 1 aromatic carbocycles. The number of urea groups is 1. The molecule has 4 saturated heterocycles. The molecule has 3 amide bonds. The van der Waals surface area contributed by atoms with E-state index in [1.165, 1.54) is 9.80 Å². The number of carbonyl (C=O) groups excluding carboxylic acids is 2. The summed E-state index contributed by atoms with van der Waals surface area (Å²) in [5.41, 5.74) is 0.450. The van der Waals surface area contributed by atoms with Gasteiger partial charge >= 0.3 is 6.03 Å². The van der Waals surface area contributed by atoms with Crippen LogP contribution in [-0.4, -0.2) is 74.2 Å². The fourth-order valence-electron chi connectivity index (χ4n) is 5.12. The summed E-state index contributed by atoms with van der Waals surface area (Å²) in [6.07, 6.45) is -2.33. The molecule has 1 aromatic rings. The van der Waals surface area contributed by atoms with Crippen LogP contribution in [0.25, 0.3) is 0 Å². The maximum atomic E-state index is 13.7. The number of nitrogens with zero attached hydrogens (tertiary/aromatic N) is 2. The van der Waals surface area contributed by atoms with Gasteiger partial charge in [0.25, 0.3) is 5.91 Å². The van der Waals surface area contributed by atoms with Crippen molar-refractivity contribution in [2.24, 2.45) is 5.92 Å². The van der Waals surface area contributed by atoms with Crippen molar-refractivity contribution in [3.63, 3.8) is 0 Å². The Morgan fingerprint density at radius 2 is 1.80 bits per heavy atom. The minimum atomic E-state index is -0.773. The van der Waals surface area contributed by atoms with Crippen LogP contribution in [0.4, 0.5) is 4.79 Å². The topological polar surface area (TPSA) is 77.5 Å². The van der Waals surface area contributed by atoms with Crippen LogP contribution in [-0.2, 0) is 18.9 Å². The van der Waals surface area contributed by atoms with E-state index < -0.39 is 33.6 Å². The predicted octanol–water partition coefficient (Wildman–Crippen LogP) is 2.65. The van der Waals surface area contributed by atoms with Gasteiger partial charge in [-0.25, -0.2) is 4.79 Å². The summed E-state index contributed by atoms with van der Waals surface area (Å²) in [6.45, 7) is 3.98. The van der Waals surface area contributed by atoms with E-state index in [0.29, 0.717) is 5.56 Å².